The minimum absolute atomic E-state index is 0.558. The number of hydrogen-bond donors (Lipinski definition) is 1. The number of piperidine rings is 1. The lowest BCUT2D eigenvalue weighted by Gasteiger charge is -2.32. The Balaban J connectivity index is 1.49. The van der Waals surface area contributed by atoms with Crippen LogP contribution >= 0.6 is 0 Å². The summed E-state index contributed by atoms with van der Waals surface area (Å²) in [5.41, 5.74) is 2.56. The molecule has 0 bridgehead atoms. The van der Waals surface area contributed by atoms with Gasteiger partial charge in [-0.05, 0) is 44.5 Å². The van der Waals surface area contributed by atoms with Crippen LogP contribution in [-0.2, 0) is 13.1 Å². The summed E-state index contributed by atoms with van der Waals surface area (Å²) in [4.78, 5) is 2.55. The van der Waals surface area contributed by atoms with Gasteiger partial charge in [0.25, 0.3) is 0 Å². The Bertz CT molecular complexity index is 667. The lowest BCUT2D eigenvalue weighted by atomic mass is 10.0. The smallest absolute Gasteiger partial charge is 0.165 e. The molecule has 1 heterocycles. The molecule has 4 nitrogen and oxygen atoms in total. The van der Waals surface area contributed by atoms with Gasteiger partial charge in [-0.1, -0.05) is 42.5 Å². The maximum absolute atomic E-state index is 5.81. The van der Waals surface area contributed by atoms with E-state index in [0.29, 0.717) is 12.6 Å². The summed E-state index contributed by atoms with van der Waals surface area (Å²) >= 11 is 0. The maximum atomic E-state index is 5.81. The Hall–Kier alpha value is -2.04. The topological polar surface area (TPSA) is 33.7 Å². The van der Waals surface area contributed by atoms with Gasteiger partial charge >= 0.3 is 0 Å². The molecule has 0 aromatic heterocycles. The molecule has 1 fully saturated rings. The number of hydrogen-bond acceptors (Lipinski definition) is 4. The van der Waals surface area contributed by atoms with Crippen LogP contribution in [0.4, 0.5) is 0 Å². The van der Waals surface area contributed by atoms with Gasteiger partial charge < -0.3 is 14.8 Å². The van der Waals surface area contributed by atoms with E-state index in [1.165, 1.54) is 18.4 Å². The van der Waals surface area contributed by atoms with Crippen LogP contribution in [0.3, 0.4) is 0 Å². The summed E-state index contributed by atoms with van der Waals surface area (Å²) in [6.45, 7) is 6.80. The van der Waals surface area contributed by atoms with Gasteiger partial charge in [-0.25, -0.2) is 0 Å². The molecule has 4 heteroatoms. The Labute approximate surface area is 157 Å². The molecule has 0 atom stereocenters. The molecule has 1 aliphatic rings. The molecule has 0 amide bonds. The summed E-state index contributed by atoms with van der Waals surface area (Å²) < 4.78 is 11.3. The third-order valence-electron chi connectivity index (χ3n) is 4.99. The van der Waals surface area contributed by atoms with Gasteiger partial charge in [0.15, 0.2) is 11.5 Å². The average Bonchev–Trinajstić information content (AvgIpc) is 2.69. The second-order valence-electron chi connectivity index (χ2n) is 6.80. The summed E-state index contributed by atoms with van der Waals surface area (Å²) in [6.07, 6.45) is 2.36. The Morgan fingerprint density at radius 2 is 1.81 bits per heavy atom. The van der Waals surface area contributed by atoms with E-state index in [4.69, 9.17) is 9.47 Å². The number of likely N-dealkylation sites (tertiary alicyclic amines) is 1. The highest BCUT2D eigenvalue weighted by Gasteiger charge is 2.19. The number of nitrogens with zero attached hydrogens (tertiary/aromatic N) is 1. The minimum Gasteiger partial charge on any atom is -0.493 e. The number of methoxy groups -OCH3 is 1. The quantitative estimate of drug-likeness (QED) is 0.781. The second-order valence-corrected chi connectivity index (χ2v) is 6.80. The zero-order chi connectivity index (χ0) is 18.2. The van der Waals surface area contributed by atoms with Crippen LogP contribution in [0.5, 0.6) is 11.5 Å². The minimum atomic E-state index is 0.558. The number of rotatable bonds is 8. The first kappa shape index (κ1) is 18.7. The molecule has 1 aliphatic heterocycles. The highest BCUT2D eigenvalue weighted by Crippen LogP contribution is 2.31. The Morgan fingerprint density at radius 3 is 2.50 bits per heavy atom. The van der Waals surface area contributed by atoms with E-state index < -0.39 is 0 Å². The molecule has 0 unspecified atom stereocenters. The van der Waals surface area contributed by atoms with E-state index in [1.54, 1.807) is 7.11 Å². The zero-order valence-electron chi connectivity index (χ0n) is 15.9. The van der Waals surface area contributed by atoms with Crippen molar-refractivity contribution in [2.24, 2.45) is 0 Å². The highest BCUT2D eigenvalue weighted by atomic mass is 16.5. The fourth-order valence-corrected chi connectivity index (χ4v) is 3.56. The van der Waals surface area contributed by atoms with E-state index in [2.05, 4.69) is 46.6 Å². The molecule has 0 aliphatic carbocycles. The van der Waals surface area contributed by atoms with E-state index in [0.717, 1.165) is 43.2 Å². The standard InChI is InChI=1S/C22H30N2O2/c1-3-26-22-19(10-7-11-21(22)25-2)16-23-20-12-14-24(15-13-20)17-18-8-5-4-6-9-18/h4-11,20,23H,3,12-17H2,1-2H3. The first-order valence-corrected chi connectivity index (χ1v) is 9.58. The van der Waals surface area contributed by atoms with Crippen molar-refractivity contribution in [1.29, 1.82) is 0 Å². The van der Waals surface area contributed by atoms with Crippen LogP contribution in [0.15, 0.2) is 48.5 Å². The summed E-state index contributed by atoms with van der Waals surface area (Å²) in [5, 5.41) is 3.71. The van der Waals surface area contributed by atoms with Crippen molar-refractivity contribution in [3.05, 3.63) is 59.7 Å². The molecular weight excluding hydrogens is 324 g/mol. The van der Waals surface area contributed by atoms with Crippen molar-refractivity contribution in [3.63, 3.8) is 0 Å². The van der Waals surface area contributed by atoms with Crippen molar-refractivity contribution in [2.45, 2.75) is 38.9 Å². The van der Waals surface area contributed by atoms with Gasteiger partial charge in [0.05, 0.1) is 13.7 Å². The van der Waals surface area contributed by atoms with Crippen molar-refractivity contribution < 1.29 is 9.47 Å². The number of nitrogens with one attached hydrogen (secondary N) is 1. The predicted molar refractivity (Wildman–Crippen MR) is 106 cm³/mol. The molecule has 0 saturated carbocycles. The molecule has 0 spiro atoms. The first-order valence-electron chi connectivity index (χ1n) is 9.58. The third kappa shape index (κ3) is 4.99. The molecule has 3 rings (SSSR count). The Kier molecular flexibility index (Phi) is 6.92. The molecule has 0 radical (unpaired) electrons. The molecule has 1 N–H and O–H groups in total. The molecule has 1 saturated heterocycles. The van der Waals surface area contributed by atoms with Crippen LogP contribution in [0, 0.1) is 0 Å². The molecular formula is C22H30N2O2. The number of benzene rings is 2. The van der Waals surface area contributed by atoms with E-state index >= 15 is 0 Å². The Morgan fingerprint density at radius 1 is 1.04 bits per heavy atom. The molecule has 26 heavy (non-hydrogen) atoms. The fourth-order valence-electron chi connectivity index (χ4n) is 3.56. The van der Waals surface area contributed by atoms with Crippen LogP contribution in [0.25, 0.3) is 0 Å². The largest absolute Gasteiger partial charge is 0.493 e. The van der Waals surface area contributed by atoms with Crippen LogP contribution in [0.1, 0.15) is 30.9 Å². The van der Waals surface area contributed by atoms with E-state index in [1.807, 2.05) is 19.1 Å². The fraction of sp³-hybridized carbons (Fsp3) is 0.455. The lowest BCUT2D eigenvalue weighted by Crippen LogP contribution is -2.41. The van der Waals surface area contributed by atoms with Gasteiger partial charge in [0, 0.05) is 24.7 Å². The highest BCUT2D eigenvalue weighted by molar-refractivity contribution is 5.46. The van der Waals surface area contributed by atoms with Crippen molar-refractivity contribution in [3.8, 4) is 11.5 Å². The van der Waals surface area contributed by atoms with Crippen molar-refractivity contribution in [1.82, 2.24) is 10.2 Å². The summed E-state index contributed by atoms with van der Waals surface area (Å²) in [6, 6.07) is 17.4. The van der Waals surface area contributed by atoms with Crippen LogP contribution in [-0.4, -0.2) is 37.7 Å². The van der Waals surface area contributed by atoms with Gasteiger partial charge in [-0.2, -0.15) is 0 Å². The normalized spacial score (nSPS) is 15.8. The van der Waals surface area contributed by atoms with Crippen molar-refractivity contribution >= 4 is 0 Å². The average molecular weight is 354 g/mol. The number of para-hydroxylation sites is 1. The van der Waals surface area contributed by atoms with Gasteiger partial charge in [-0.15, -0.1) is 0 Å². The van der Waals surface area contributed by atoms with E-state index in [9.17, 15) is 0 Å². The van der Waals surface area contributed by atoms with E-state index in [-0.39, 0.29) is 0 Å². The molecule has 140 valence electrons. The SMILES string of the molecule is CCOc1c(CNC2CCN(Cc3ccccc3)CC2)cccc1OC. The third-order valence-corrected chi connectivity index (χ3v) is 4.99. The maximum Gasteiger partial charge on any atom is 0.165 e. The first-order chi connectivity index (χ1) is 12.8. The van der Waals surface area contributed by atoms with Gasteiger partial charge in [0.1, 0.15) is 0 Å². The molecule has 2 aromatic rings. The monoisotopic (exact) mass is 354 g/mol. The predicted octanol–water partition coefficient (Wildman–Crippen LogP) is 3.85. The summed E-state index contributed by atoms with van der Waals surface area (Å²) in [5.74, 6) is 1.68. The lowest BCUT2D eigenvalue weighted by molar-refractivity contribution is 0.189. The van der Waals surface area contributed by atoms with Crippen LogP contribution in [0.2, 0.25) is 0 Å². The zero-order valence-corrected chi connectivity index (χ0v) is 15.9. The van der Waals surface area contributed by atoms with Crippen molar-refractivity contribution in [2.75, 3.05) is 26.8 Å². The summed E-state index contributed by atoms with van der Waals surface area (Å²) in [7, 11) is 1.69. The number of ether oxygens (including phenoxy) is 2. The second kappa shape index (κ2) is 9.60. The van der Waals surface area contributed by atoms with Gasteiger partial charge in [0.2, 0.25) is 0 Å². The van der Waals surface area contributed by atoms with Gasteiger partial charge in [-0.3, -0.25) is 4.90 Å². The molecule has 2 aromatic carbocycles. The van der Waals surface area contributed by atoms with Crippen LogP contribution < -0.4 is 14.8 Å².